The lowest BCUT2D eigenvalue weighted by molar-refractivity contribution is 0.324. The van der Waals surface area contributed by atoms with E-state index in [2.05, 4.69) is 9.97 Å². The maximum Gasteiger partial charge on any atom is 0.203 e. The predicted octanol–water partition coefficient (Wildman–Crippen LogP) is 4.87. The lowest BCUT2D eigenvalue weighted by atomic mass is 10.1. The van der Waals surface area contributed by atoms with Gasteiger partial charge in [-0.05, 0) is 53.6 Å². The molecule has 0 aliphatic rings. The summed E-state index contributed by atoms with van der Waals surface area (Å²) in [6, 6.07) is 9.34. The van der Waals surface area contributed by atoms with Crippen molar-refractivity contribution in [3.8, 4) is 34.5 Å². The van der Waals surface area contributed by atoms with E-state index in [9.17, 15) is 0 Å². The zero-order chi connectivity index (χ0) is 24.5. The van der Waals surface area contributed by atoms with Crippen LogP contribution < -0.4 is 28.4 Å². The predicted molar refractivity (Wildman–Crippen MR) is 132 cm³/mol. The van der Waals surface area contributed by atoms with Crippen molar-refractivity contribution in [1.29, 1.82) is 0 Å². The number of hydrogen-bond donors (Lipinski definition) is 0. The molecule has 1 aromatic heterocycles. The smallest absolute Gasteiger partial charge is 0.203 e. The molecule has 0 N–H and O–H groups in total. The minimum atomic E-state index is 0.545. The highest BCUT2D eigenvalue weighted by Crippen LogP contribution is 2.39. The summed E-state index contributed by atoms with van der Waals surface area (Å²) in [6.07, 6.45) is 9.13. The van der Waals surface area contributed by atoms with Crippen LogP contribution in [0.4, 0.5) is 0 Å². The molecule has 0 spiro atoms. The number of hydrogen-bond acceptors (Lipinski definition) is 8. The third-order valence-corrected chi connectivity index (χ3v) is 4.98. The summed E-state index contributed by atoms with van der Waals surface area (Å²) < 4.78 is 32.4. The van der Waals surface area contributed by atoms with Gasteiger partial charge in [-0.15, -0.1) is 0 Å². The van der Waals surface area contributed by atoms with Crippen molar-refractivity contribution in [2.75, 3.05) is 42.7 Å². The SMILES string of the molecule is COc1cc(/C=C/c2cc(/C=C/c3cc(OC)c(OC)c(OC)c3)ncn2)cc(OC)c1OC. The van der Waals surface area contributed by atoms with Crippen LogP contribution in [0.25, 0.3) is 24.3 Å². The fourth-order valence-electron chi connectivity index (χ4n) is 3.33. The van der Waals surface area contributed by atoms with Crippen molar-refractivity contribution in [2.24, 2.45) is 0 Å². The van der Waals surface area contributed by atoms with E-state index in [-0.39, 0.29) is 0 Å². The molecule has 3 aromatic rings. The Bertz CT molecular complexity index is 1050. The van der Waals surface area contributed by atoms with Gasteiger partial charge < -0.3 is 28.4 Å². The van der Waals surface area contributed by atoms with Gasteiger partial charge in [-0.25, -0.2) is 9.97 Å². The number of methoxy groups -OCH3 is 6. The first-order valence-electron chi connectivity index (χ1n) is 10.3. The molecule has 1 heterocycles. The first-order chi connectivity index (χ1) is 16.6. The van der Waals surface area contributed by atoms with Crippen LogP contribution in [0, 0.1) is 0 Å². The Morgan fingerprint density at radius 2 is 0.824 bits per heavy atom. The molecule has 0 fully saturated rings. The third kappa shape index (κ3) is 5.58. The Morgan fingerprint density at radius 1 is 0.471 bits per heavy atom. The van der Waals surface area contributed by atoms with Crippen LogP contribution in [-0.2, 0) is 0 Å². The second kappa shape index (κ2) is 11.6. The monoisotopic (exact) mass is 464 g/mol. The molecule has 8 heteroatoms. The van der Waals surface area contributed by atoms with Crippen molar-refractivity contribution in [2.45, 2.75) is 0 Å². The van der Waals surface area contributed by atoms with E-state index in [0.29, 0.717) is 34.5 Å². The maximum atomic E-state index is 5.41. The highest BCUT2D eigenvalue weighted by Gasteiger charge is 2.13. The quantitative estimate of drug-likeness (QED) is 0.420. The molecule has 0 aliphatic carbocycles. The molecule has 34 heavy (non-hydrogen) atoms. The van der Waals surface area contributed by atoms with Gasteiger partial charge in [0.15, 0.2) is 23.0 Å². The fraction of sp³-hybridized carbons (Fsp3) is 0.231. The molecule has 0 saturated heterocycles. The zero-order valence-electron chi connectivity index (χ0n) is 20.1. The summed E-state index contributed by atoms with van der Waals surface area (Å²) in [5.41, 5.74) is 3.24. The van der Waals surface area contributed by atoms with Gasteiger partial charge in [0.05, 0.1) is 54.0 Å². The number of rotatable bonds is 10. The van der Waals surface area contributed by atoms with Crippen molar-refractivity contribution in [3.05, 3.63) is 59.2 Å². The van der Waals surface area contributed by atoms with Crippen LogP contribution in [0.3, 0.4) is 0 Å². The minimum Gasteiger partial charge on any atom is -0.493 e. The zero-order valence-corrected chi connectivity index (χ0v) is 20.1. The lowest BCUT2D eigenvalue weighted by Crippen LogP contribution is -1.95. The van der Waals surface area contributed by atoms with E-state index < -0.39 is 0 Å². The van der Waals surface area contributed by atoms with Gasteiger partial charge >= 0.3 is 0 Å². The second-order valence-corrected chi connectivity index (χ2v) is 6.95. The molecule has 0 aliphatic heterocycles. The summed E-state index contributed by atoms with van der Waals surface area (Å²) in [5, 5.41) is 0. The first kappa shape index (κ1) is 24.4. The molecule has 2 aromatic carbocycles. The Morgan fingerprint density at radius 3 is 1.12 bits per heavy atom. The van der Waals surface area contributed by atoms with E-state index >= 15 is 0 Å². The maximum absolute atomic E-state index is 5.41. The van der Waals surface area contributed by atoms with E-state index in [1.54, 1.807) is 42.7 Å². The molecule has 0 atom stereocenters. The first-order valence-corrected chi connectivity index (χ1v) is 10.3. The Kier molecular flexibility index (Phi) is 8.34. The number of nitrogens with zero attached hydrogens (tertiary/aromatic N) is 2. The van der Waals surface area contributed by atoms with Crippen LogP contribution in [-0.4, -0.2) is 52.6 Å². The van der Waals surface area contributed by atoms with E-state index in [1.165, 1.54) is 6.33 Å². The van der Waals surface area contributed by atoms with Crippen molar-refractivity contribution < 1.29 is 28.4 Å². The van der Waals surface area contributed by atoms with Crippen LogP contribution in [0.2, 0.25) is 0 Å². The third-order valence-electron chi connectivity index (χ3n) is 4.98. The average Bonchev–Trinajstić information content (AvgIpc) is 2.89. The topological polar surface area (TPSA) is 81.2 Å². The molecule has 178 valence electrons. The molecular formula is C26H28N2O6. The summed E-state index contributed by atoms with van der Waals surface area (Å²) in [5.74, 6) is 3.42. The average molecular weight is 465 g/mol. The standard InChI is InChI=1S/C26H28N2O6/c1-29-21-11-17(12-22(30-2)25(21)33-5)7-9-19-15-20(28-16-27-19)10-8-18-13-23(31-3)26(34-6)24(14-18)32-4/h7-16H,1-6H3/b9-7+,10-8+. The Hall–Kier alpha value is -4.20. The van der Waals surface area contributed by atoms with E-state index in [0.717, 1.165) is 22.5 Å². The molecule has 0 saturated carbocycles. The molecule has 0 unspecified atom stereocenters. The number of benzene rings is 2. The molecule has 0 radical (unpaired) electrons. The van der Waals surface area contributed by atoms with Gasteiger partial charge in [0.2, 0.25) is 11.5 Å². The minimum absolute atomic E-state index is 0.545. The van der Waals surface area contributed by atoms with Gasteiger partial charge in [-0.1, -0.05) is 12.2 Å². The Balaban J connectivity index is 1.85. The second-order valence-electron chi connectivity index (χ2n) is 6.95. The summed E-state index contributed by atoms with van der Waals surface area (Å²) in [7, 11) is 9.49. The molecule has 8 nitrogen and oxygen atoms in total. The van der Waals surface area contributed by atoms with E-state index in [4.69, 9.17) is 28.4 Å². The molecule has 3 rings (SSSR count). The number of aromatic nitrogens is 2. The van der Waals surface area contributed by atoms with Crippen LogP contribution in [0.15, 0.2) is 36.7 Å². The van der Waals surface area contributed by atoms with Gasteiger partial charge in [0, 0.05) is 0 Å². The van der Waals surface area contributed by atoms with E-state index in [1.807, 2.05) is 54.6 Å². The summed E-state index contributed by atoms with van der Waals surface area (Å²) >= 11 is 0. The molecule has 0 amide bonds. The van der Waals surface area contributed by atoms with Crippen molar-refractivity contribution in [1.82, 2.24) is 9.97 Å². The van der Waals surface area contributed by atoms with Gasteiger partial charge in [0.25, 0.3) is 0 Å². The lowest BCUT2D eigenvalue weighted by Gasteiger charge is -2.12. The van der Waals surface area contributed by atoms with Crippen LogP contribution in [0.5, 0.6) is 34.5 Å². The van der Waals surface area contributed by atoms with Crippen LogP contribution in [0.1, 0.15) is 22.5 Å². The van der Waals surface area contributed by atoms with Crippen molar-refractivity contribution >= 4 is 24.3 Å². The highest BCUT2D eigenvalue weighted by molar-refractivity contribution is 5.74. The summed E-state index contributed by atoms with van der Waals surface area (Å²) in [6.45, 7) is 0. The summed E-state index contributed by atoms with van der Waals surface area (Å²) in [4.78, 5) is 8.66. The van der Waals surface area contributed by atoms with Gasteiger partial charge in [0.1, 0.15) is 6.33 Å². The molecular weight excluding hydrogens is 436 g/mol. The molecule has 0 bridgehead atoms. The fourth-order valence-corrected chi connectivity index (χ4v) is 3.33. The van der Waals surface area contributed by atoms with Crippen LogP contribution >= 0.6 is 0 Å². The number of ether oxygens (including phenoxy) is 6. The largest absolute Gasteiger partial charge is 0.493 e. The van der Waals surface area contributed by atoms with Gasteiger partial charge in [-0.2, -0.15) is 0 Å². The highest BCUT2D eigenvalue weighted by atomic mass is 16.5. The van der Waals surface area contributed by atoms with Gasteiger partial charge in [-0.3, -0.25) is 0 Å². The van der Waals surface area contributed by atoms with Crippen molar-refractivity contribution in [3.63, 3.8) is 0 Å². The normalized spacial score (nSPS) is 11.0. The Labute approximate surface area is 199 Å².